The van der Waals surface area contributed by atoms with Gasteiger partial charge in [-0.3, -0.25) is 4.98 Å². The van der Waals surface area contributed by atoms with Crippen LogP contribution >= 0.6 is 0 Å². The van der Waals surface area contributed by atoms with Gasteiger partial charge in [0.15, 0.2) is 0 Å². The average Bonchev–Trinajstić information content (AvgIpc) is 2.57. The fraction of sp³-hybridized carbons (Fsp3) is 0.0952. The van der Waals surface area contributed by atoms with Crippen molar-refractivity contribution in [2.45, 2.75) is 13.8 Å². The van der Waals surface area contributed by atoms with Gasteiger partial charge in [-0.25, -0.2) is 0 Å². The summed E-state index contributed by atoms with van der Waals surface area (Å²) in [4.78, 5) is 4.63. The average molecular weight is 287 g/mol. The maximum Gasteiger partial charge on any atom is 0.0711 e. The molecule has 22 heavy (non-hydrogen) atoms. The molecular weight excluding hydrogens is 266 g/mol. The molecule has 3 rings (SSSR count). The van der Waals surface area contributed by atoms with Crippen molar-refractivity contribution in [3.63, 3.8) is 0 Å². The van der Waals surface area contributed by atoms with Crippen molar-refractivity contribution in [2.75, 3.05) is 0 Å². The smallest absolute Gasteiger partial charge is 0.0711 e. The Morgan fingerprint density at radius 3 is 1.82 bits per heavy atom. The normalized spacial score (nSPS) is 9.55. The van der Waals surface area contributed by atoms with Gasteiger partial charge >= 0.3 is 0 Å². The van der Waals surface area contributed by atoms with Crippen LogP contribution < -0.4 is 0 Å². The van der Waals surface area contributed by atoms with Crippen LogP contribution in [-0.2, 0) is 0 Å². The summed E-state index contributed by atoms with van der Waals surface area (Å²) < 4.78 is 0. The van der Waals surface area contributed by atoms with Crippen molar-refractivity contribution < 1.29 is 0 Å². The van der Waals surface area contributed by atoms with E-state index in [4.69, 9.17) is 0 Å². The number of nitrogens with zero attached hydrogens (tertiary/aromatic N) is 1. The van der Waals surface area contributed by atoms with Crippen molar-refractivity contribution in [3.8, 4) is 22.4 Å². The number of hydrogen-bond donors (Lipinski definition) is 0. The van der Waals surface area contributed by atoms with Gasteiger partial charge in [0, 0.05) is 11.3 Å². The van der Waals surface area contributed by atoms with Gasteiger partial charge < -0.3 is 0 Å². The molecular formula is C21H21N. The molecule has 1 heterocycles. The van der Waals surface area contributed by atoms with Gasteiger partial charge in [0.1, 0.15) is 0 Å². The molecule has 1 nitrogen and oxygen atoms in total. The third-order valence-corrected chi connectivity index (χ3v) is 3.13. The van der Waals surface area contributed by atoms with E-state index in [1.165, 1.54) is 11.1 Å². The lowest BCUT2D eigenvalue weighted by Gasteiger charge is -2.07. The van der Waals surface area contributed by atoms with Crippen LogP contribution in [0.3, 0.4) is 0 Å². The maximum atomic E-state index is 4.63. The van der Waals surface area contributed by atoms with Crippen LogP contribution in [0.4, 0.5) is 0 Å². The molecule has 110 valence electrons. The first kappa shape index (κ1) is 15.7. The van der Waals surface area contributed by atoms with E-state index in [9.17, 15) is 0 Å². The lowest BCUT2D eigenvalue weighted by molar-refractivity contribution is 1.21. The highest BCUT2D eigenvalue weighted by Crippen LogP contribution is 2.25. The lowest BCUT2D eigenvalue weighted by atomic mass is 10.0. The monoisotopic (exact) mass is 287 g/mol. The summed E-state index contributed by atoms with van der Waals surface area (Å²) >= 11 is 0. The molecule has 0 amide bonds. The zero-order valence-corrected chi connectivity index (χ0v) is 13.2. The molecule has 0 fully saturated rings. The molecule has 0 spiro atoms. The number of aryl methyl sites for hydroxylation is 1. The van der Waals surface area contributed by atoms with Crippen LogP contribution in [0.25, 0.3) is 22.4 Å². The third-order valence-electron chi connectivity index (χ3n) is 3.13. The van der Waals surface area contributed by atoms with Gasteiger partial charge in [-0.05, 0) is 37.1 Å². The molecule has 0 saturated heterocycles. The molecule has 0 radical (unpaired) electrons. The molecule has 0 unspecified atom stereocenters. The number of benzene rings is 2. The largest absolute Gasteiger partial charge is 0.253 e. The molecule has 0 saturated carbocycles. The number of aromatic nitrogens is 1. The minimum Gasteiger partial charge on any atom is -0.253 e. The van der Waals surface area contributed by atoms with E-state index in [-0.39, 0.29) is 0 Å². The van der Waals surface area contributed by atoms with Crippen molar-refractivity contribution in [2.24, 2.45) is 0 Å². The van der Waals surface area contributed by atoms with E-state index in [2.05, 4.69) is 60.1 Å². The topological polar surface area (TPSA) is 12.9 Å². The molecule has 3 aromatic rings. The van der Waals surface area contributed by atoms with Crippen molar-refractivity contribution in [1.29, 1.82) is 0 Å². The maximum absolute atomic E-state index is 4.63. The van der Waals surface area contributed by atoms with Crippen LogP contribution in [0.1, 0.15) is 12.6 Å². The quantitative estimate of drug-likeness (QED) is 0.533. The lowest BCUT2D eigenvalue weighted by Crippen LogP contribution is -1.89. The summed E-state index contributed by atoms with van der Waals surface area (Å²) in [7, 11) is 0. The second-order valence-electron chi connectivity index (χ2n) is 5.02. The molecule has 2 aromatic carbocycles. The van der Waals surface area contributed by atoms with Crippen LogP contribution in [0.15, 0.2) is 85.5 Å². The summed E-state index contributed by atoms with van der Waals surface area (Å²) in [5, 5.41) is 0. The first-order chi connectivity index (χ1) is 10.7. The number of hydrogen-bond acceptors (Lipinski definition) is 1. The fourth-order valence-electron chi connectivity index (χ4n) is 2.22. The number of pyridine rings is 1. The van der Waals surface area contributed by atoms with Gasteiger partial charge in [0.05, 0.1) is 5.69 Å². The first-order valence-corrected chi connectivity index (χ1v) is 7.41. The van der Waals surface area contributed by atoms with E-state index in [1.807, 2.05) is 38.1 Å². The van der Waals surface area contributed by atoms with Crippen molar-refractivity contribution in [1.82, 2.24) is 4.98 Å². The highest BCUT2D eigenvalue weighted by atomic mass is 14.7. The summed E-state index contributed by atoms with van der Waals surface area (Å²) in [6.07, 6.45) is 1.75. The molecule has 0 atom stereocenters. The minimum atomic E-state index is 1.03. The zero-order chi connectivity index (χ0) is 15.8. The Kier molecular flexibility index (Phi) is 5.67. The van der Waals surface area contributed by atoms with Crippen molar-refractivity contribution >= 4 is 0 Å². The summed E-state index contributed by atoms with van der Waals surface area (Å²) in [5.41, 5.74) is 5.67. The molecule has 0 bridgehead atoms. The fourth-order valence-corrected chi connectivity index (χ4v) is 2.22. The first-order valence-electron chi connectivity index (χ1n) is 7.41. The van der Waals surface area contributed by atoms with E-state index >= 15 is 0 Å². The van der Waals surface area contributed by atoms with Gasteiger partial charge in [-0.1, -0.05) is 66.7 Å². The molecule has 0 aliphatic rings. The van der Waals surface area contributed by atoms with Gasteiger partial charge in [-0.15, -0.1) is 6.58 Å². The Morgan fingerprint density at radius 1 is 0.773 bits per heavy atom. The summed E-state index contributed by atoms with van der Waals surface area (Å²) in [5.74, 6) is 0. The predicted octanol–water partition coefficient (Wildman–Crippen LogP) is 5.92. The summed E-state index contributed by atoms with van der Waals surface area (Å²) in [6, 6.07) is 25.0. The minimum absolute atomic E-state index is 1.03. The van der Waals surface area contributed by atoms with E-state index in [0.29, 0.717) is 0 Å². The predicted molar refractivity (Wildman–Crippen MR) is 95.7 cm³/mol. The second kappa shape index (κ2) is 7.94. The van der Waals surface area contributed by atoms with Gasteiger partial charge in [0.2, 0.25) is 0 Å². The Bertz CT molecular complexity index is 658. The van der Waals surface area contributed by atoms with E-state index in [0.717, 1.165) is 17.0 Å². The van der Waals surface area contributed by atoms with Gasteiger partial charge in [0.25, 0.3) is 0 Å². The number of rotatable bonds is 2. The third kappa shape index (κ3) is 4.16. The highest BCUT2D eigenvalue weighted by molar-refractivity contribution is 5.70. The van der Waals surface area contributed by atoms with Crippen LogP contribution in [0, 0.1) is 6.92 Å². The SMILES string of the molecule is C=CC.Cc1cc(-c2ccccc2)cc(-c2ccccc2)n1. The Labute approximate surface area is 133 Å². The Hall–Kier alpha value is -2.67. The zero-order valence-electron chi connectivity index (χ0n) is 13.2. The molecule has 0 aliphatic heterocycles. The highest BCUT2D eigenvalue weighted by Gasteiger charge is 2.04. The molecule has 1 aromatic heterocycles. The standard InChI is InChI=1S/C18H15N.C3H6/c1-14-12-17(15-8-4-2-5-9-15)13-18(19-14)16-10-6-3-7-11-16;1-3-2/h2-13H,1H3;3H,1H2,2H3. The molecule has 0 aliphatic carbocycles. The van der Waals surface area contributed by atoms with Crippen LogP contribution in [0.2, 0.25) is 0 Å². The summed E-state index contributed by atoms with van der Waals surface area (Å²) in [6.45, 7) is 7.29. The van der Waals surface area contributed by atoms with E-state index in [1.54, 1.807) is 6.08 Å². The molecule has 0 N–H and O–H groups in total. The van der Waals surface area contributed by atoms with Crippen molar-refractivity contribution in [3.05, 3.63) is 91.1 Å². The van der Waals surface area contributed by atoms with Crippen LogP contribution in [-0.4, -0.2) is 4.98 Å². The van der Waals surface area contributed by atoms with Gasteiger partial charge in [-0.2, -0.15) is 0 Å². The second-order valence-corrected chi connectivity index (χ2v) is 5.02. The molecule has 1 heteroatoms. The Balaban J connectivity index is 0.000000545. The number of allylic oxidation sites excluding steroid dienone is 1. The Morgan fingerprint density at radius 2 is 1.27 bits per heavy atom. The van der Waals surface area contributed by atoms with Crippen LogP contribution in [0.5, 0.6) is 0 Å². The van der Waals surface area contributed by atoms with E-state index < -0.39 is 0 Å².